The van der Waals surface area contributed by atoms with Gasteiger partial charge in [0.05, 0.1) is 5.97 Å². The number of nitrogens with one attached hydrogen (secondary N) is 1. The summed E-state index contributed by atoms with van der Waals surface area (Å²) in [5.74, 6) is -0.893. The van der Waals surface area contributed by atoms with Gasteiger partial charge in [-0.15, -0.1) is 0 Å². The minimum atomic E-state index is -0.980. The molecule has 0 heterocycles. The predicted octanol–water partition coefficient (Wildman–Crippen LogP) is 0.275. The van der Waals surface area contributed by atoms with E-state index in [2.05, 4.69) is 12.2 Å². The van der Waals surface area contributed by atoms with Crippen molar-refractivity contribution in [2.75, 3.05) is 6.54 Å². The molecule has 0 aliphatic heterocycles. The number of unbranched alkanes of at least 4 members (excludes halogenated alkanes) is 9. The molecule has 120 valence electrons. The molecule has 0 bridgehead atoms. The molecule has 0 aromatic carbocycles. The van der Waals surface area contributed by atoms with Gasteiger partial charge in [0.1, 0.15) is 0 Å². The normalized spacial score (nSPS) is 12.2. The second kappa shape index (κ2) is 16.8. The summed E-state index contributed by atoms with van der Waals surface area (Å²) in [4.78, 5) is 10.9. The maximum atomic E-state index is 10.9. The number of carboxylic acid groups (broad SMARTS) is 1. The van der Waals surface area contributed by atoms with Crippen LogP contribution in [0.2, 0.25) is 0 Å². The van der Waals surface area contributed by atoms with E-state index in [0.29, 0.717) is 0 Å². The predicted molar refractivity (Wildman–Crippen MR) is 83.5 cm³/mol. The summed E-state index contributed by atoms with van der Waals surface area (Å²) in [6, 6.07) is -0.506. The maximum Gasteiger partial charge on any atom is 1.00 e. The molecule has 0 spiro atoms. The van der Waals surface area contributed by atoms with Crippen molar-refractivity contribution in [1.29, 1.82) is 0 Å². The molecule has 0 aromatic heterocycles. The first-order chi connectivity index (χ1) is 9.59. The van der Waals surface area contributed by atoms with E-state index in [1.54, 1.807) is 0 Å². The van der Waals surface area contributed by atoms with Gasteiger partial charge in [0.15, 0.2) is 0 Å². The molecule has 0 radical (unpaired) electrons. The molecule has 1 N–H and O–H groups in total. The molecule has 0 fully saturated rings. The third-order valence-corrected chi connectivity index (χ3v) is 3.82. The van der Waals surface area contributed by atoms with Crippen molar-refractivity contribution in [3.8, 4) is 0 Å². The Bertz CT molecular complexity index is 235. The fourth-order valence-electron chi connectivity index (χ4n) is 2.46. The van der Waals surface area contributed by atoms with E-state index < -0.39 is 12.0 Å². The van der Waals surface area contributed by atoms with Gasteiger partial charge < -0.3 is 15.2 Å². The quantitative estimate of drug-likeness (QED) is 0.370. The van der Waals surface area contributed by atoms with Crippen LogP contribution in [0.4, 0.5) is 0 Å². The average Bonchev–Trinajstić information content (AvgIpc) is 2.39. The standard InChI is InChI=1S/C17H35NO2.Na/c1-4-5-6-7-8-9-10-11-12-13-14-18-16(15(2)3)17(19)20;/h15-16,18H,4-14H2,1-3H3,(H,19,20);/q;+1/p-1/t16-;/m0./s1. The monoisotopic (exact) mass is 307 g/mol. The molecule has 4 heteroatoms. The molecule has 0 aliphatic rings. The molecule has 0 unspecified atom stereocenters. The molecule has 0 aromatic rings. The van der Waals surface area contributed by atoms with E-state index in [0.717, 1.165) is 13.0 Å². The Hall–Kier alpha value is 0.430. The Kier molecular flexibility index (Phi) is 18.9. The molecular formula is C17H34NNaO2. The fraction of sp³-hybridized carbons (Fsp3) is 0.941. The van der Waals surface area contributed by atoms with Gasteiger partial charge in [-0.3, -0.25) is 0 Å². The smallest absolute Gasteiger partial charge is 0.548 e. The van der Waals surface area contributed by atoms with E-state index >= 15 is 0 Å². The van der Waals surface area contributed by atoms with Crippen molar-refractivity contribution in [2.45, 2.75) is 91.0 Å². The number of carbonyl (C=O) groups excluding carboxylic acids is 1. The molecule has 0 saturated heterocycles. The van der Waals surface area contributed by atoms with Crippen LogP contribution in [0.15, 0.2) is 0 Å². The molecule has 1 atom stereocenters. The van der Waals surface area contributed by atoms with Crippen LogP contribution in [-0.4, -0.2) is 18.6 Å². The van der Waals surface area contributed by atoms with Gasteiger partial charge >= 0.3 is 29.6 Å². The van der Waals surface area contributed by atoms with Crippen LogP contribution in [0.5, 0.6) is 0 Å². The molecular weight excluding hydrogens is 273 g/mol. The topological polar surface area (TPSA) is 52.2 Å². The van der Waals surface area contributed by atoms with Crippen LogP contribution >= 0.6 is 0 Å². The fourth-order valence-corrected chi connectivity index (χ4v) is 2.46. The van der Waals surface area contributed by atoms with Gasteiger partial charge in [0, 0.05) is 6.04 Å². The van der Waals surface area contributed by atoms with Crippen molar-refractivity contribution in [3.05, 3.63) is 0 Å². The molecule has 0 saturated carbocycles. The minimum Gasteiger partial charge on any atom is -0.548 e. The Morgan fingerprint density at radius 1 is 0.905 bits per heavy atom. The van der Waals surface area contributed by atoms with E-state index in [1.165, 1.54) is 57.8 Å². The number of hydrogen-bond donors (Lipinski definition) is 1. The summed E-state index contributed by atoms with van der Waals surface area (Å²) < 4.78 is 0. The SMILES string of the molecule is CCCCCCCCCCCCN[C@H](C(=O)[O-])C(C)C.[Na+]. The number of aliphatic carboxylic acids is 1. The Labute approximate surface area is 153 Å². The van der Waals surface area contributed by atoms with Crippen LogP contribution in [-0.2, 0) is 4.79 Å². The van der Waals surface area contributed by atoms with Crippen LogP contribution in [0.3, 0.4) is 0 Å². The molecule has 0 aliphatic carbocycles. The molecule has 0 amide bonds. The average molecular weight is 307 g/mol. The minimum absolute atomic E-state index is 0. The molecule has 21 heavy (non-hydrogen) atoms. The first-order valence-electron chi connectivity index (χ1n) is 8.53. The summed E-state index contributed by atoms with van der Waals surface area (Å²) >= 11 is 0. The summed E-state index contributed by atoms with van der Waals surface area (Å²) in [6.07, 6.45) is 13.0. The largest absolute Gasteiger partial charge is 1.00 e. The second-order valence-corrected chi connectivity index (χ2v) is 6.18. The summed E-state index contributed by atoms with van der Waals surface area (Å²) in [5, 5.41) is 14.0. The number of carbonyl (C=O) groups is 1. The van der Waals surface area contributed by atoms with Gasteiger partial charge in [0.2, 0.25) is 0 Å². The van der Waals surface area contributed by atoms with Crippen LogP contribution in [0.25, 0.3) is 0 Å². The zero-order valence-electron chi connectivity index (χ0n) is 14.7. The first-order valence-corrected chi connectivity index (χ1v) is 8.53. The number of carboxylic acids is 1. The molecule has 0 rings (SSSR count). The van der Waals surface area contributed by atoms with E-state index in [4.69, 9.17) is 0 Å². The van der Waals surface area contributed by atoms with Crippen molar-refractivity contribution in [2.24, 2.45) is 5.92 Å². The van der Waals surface area contributed by atoms with Gasteiger partial charge in [-0.1, -0.05) is 78.6 Å². The Morgan fingerprint density at radius 3 is 1.71 bits per heavy atom. The number of rotatable bonds is 14. The summed E-state index contributed by atoms with van der Waals surface area (Å²) in [7, 11) is 0. The van der Waals surface area contributed by atoms with E-state index in [9.17, 15) is 9.90 Å². The van der Waals surface area contributed by atoms with Gasteiger partial charge in [-0.25, -0.2) is 0 Å². The van der Waals surface area contributed by atoms with Crippen molar-refractivity contribution in [1.82, 2.24) is 5.32 Å². The zero-order chi connectivity index (χ0) is 15.2. The number of hydrogen-bond acceptors (Lipinski definition) is 3. The van der Waals surface area contributed by atoms with Gasteiger partial charge in [0.25, 0.3) is 0 Å². The Balaban J connectivity index is 0. The van der Waals surface area contributed by atoms with Crippen LogP contribution < -0.4 is 40.0 Å². The van der Waals surface area contributed by atoms with Crippen LogP contribution in [0.1, 0.15) is 85.0 Å². The van der Waals surface area contributed by atoms with Crippen molar-refractivity contribution >= 4 is 5.97 Å². The van der Waals surface area contributed by atoms with Crippen molar-refractivity contribution < 1.29 is 39.5 Å². The second-order valence-electron chi connectivity index (χ2n) is 6.18. The first kappa shape index (κ1) is 23.7. The maximum absolute atomic E-state index is 10.9. The third-order valence-electron chi connectivity index (χ3n) is 3.82. The van der Waals surface area contributed by atoms with Gasteiger partial charge in [-0.05, 0) is 18.9 Å². The zero-order valence-corrected chi connectivity index (χ0v) is 16.7. The molecule has 3 nitrogen and oxygen atoms in total. The summed E-state index contributed by atoms with van der Waals surface area (Å²) in [6.45, 7) is 6.85. The van der Waals surface area contributed by atoms with E-state index in [1.807, 2.05) is 13.8 Å². The third kappa shape index (κ3) is 15.1. The van der Waals surface area contributed by atoms with Crippen molar-refractivity contribution in [3.63, 3.8) is 0 Å². The Morgan fingerprint density at radius 2 is 1.33 bits per heavy atom. The summed E-state index contributed by atoms with van der Waals surface area (Å²) in [5.41, 5.74) is 0. The van der Waals surface area contributed by atoms with Gasteiger partial charge in [-0.2, -0.15) is 0 Å². The van der Waals surface area contributed by atoms with Crippen LogP contribution in [0, 0.1) is 5.92 Å². The van der Waals surface area contributed by atoms with E-state index in [-0.39, 0.29) is 35.5 Å².